The number of hydrogen-bond donors (Lipinski definition) is 0. The standard InChI is InChI=1S/C23H27N3O2S/c1-18-11-12-26(20-9-5-6-10-21(20)29-18)22(27)17-24-13-15-25(16-14-24)23(28)19-7-3-2-4-8-19/h2-10,18H,11-17H2,1H3. The van der Waals surface area contributed by atoms with Gasteiger partial charge in [-0.15, -0.1) is 11.8 Å². The van der Waals surface area contributed by atoms with Crippen molar-refractivity contribution in [2.24, 2.45) is 0 Å². The van der Waals surface area contributed by atoms with E-state index in [0.717, 1.165) is 37.3 Å². The molecule has 4 rings (SSSR count). The molecule has 29 heavy (non-hydrogen) atoms. The highest BCUT2D eigenvalue weighted by Gasteiger charge is 2.27. The van der Waals surface area contributed by atoms with E-state index in [4.69, 9.17) is 0 Å². The fraction of sp³-hybridized carbons (Fsp3) is 0.391. The molecule has 0 spiro atoms. The molecule has 1 fully saturated rings. The summed E-state index contributed by atoms with van der Waals surface area (Å²) in [5.41, 5.74) is 1.76. The van der Waals surface area contributed by atoms with Crippen molar-refractivity contribution in [3.05, 3.63) is 60.2 Å². The summed E-state index contributed by atoms with van der Waals surface area (Å²) in [7, 11) is 0. The Morgan fingerprint density at radius 1 is 0.931 bits per heavy atom. The Hall–Kier alpha value is -2.31. The van der Waals surface area contributed by atoms with Crippen molar-refractivity contribution in [1.29, 1.82) is 0 Å². The van der Waals surface area contributed by atoms with Crippen LogP contribution in [0.4, 0.5) is 5.69 Å². The third-order valence-corrected chi connectivity index (χ3v) is 6.82. The average Bonchev–Trinajstić information content (AvgIpc) is 2.92. The maximum atomic E-state index is 13.1. The fourth-order valence-electron chi connectivity index (χ4n) is 3.89. The van der Waals surface area contributed by atoms with E-state index in [0.29, 0.717) is 24.9 Å². The van der Waals surface area contributed by atoms with Gasteiger partial charge in [-0.3, -0.25) is 14.5 Å². The molecule has 2 aromatic carbocycles. The van der Waals surface area contributed by atoms with Gasteiger partial charge in [0.15, 0.2) is 0 Å². The van der Waals surface area contributed by atoms with Crippen molar-refractivity contribution < 1.29 is 9.59 Å². The lowest BCUT2D eigenvalue weighted by Gasteiger charge is -2.35. The van der Waals surface area contributed by atoms with Crippen LogP contribution in [0.2, 0.25) is 0 Å². The van der Waals surface area contributed by atoms with E-state index >= 15 is 0 Å². The normalized spacial score (nSPS) is 20.1. The number of nitrogens with zero attached hydrogens (tertiary/aromatic N) is 3. The van der Waals surface area contributed by atoms with Crippen LogP contribution >= 0.6 is 11.8 Å². The minimum Gasteiger partial charge on any atom is -0.336 e. The molecule has 1 atom stereocenters. The first kappa shape index (κ1) is 20.0. The number of fused-ring (bicyclic) bond motifs is 1. The third-order valence-electron chi connectivity index (χ3n) is 5.58. The molecule has 0 aromatic heterocycles. The van der Waals surface area contributed by atoms with Gasteiger partial charge in [-0.2, -0.15) is 0 Å². The van der Waals surface area contributed by atoms with Gasteiger partial charge in [-0.05, 0) is 30.7 Å². The van der Waals surface area contributed by atoms with E-state index in [1.54, 1.807) is 0 Å². The van der Waals surface area contributed by atoms with E-state index in [1.165, 1.54) is 4.90 Å². The number of para-hydroxylation sites is 1. The summed E-state index contributed by atoms with van der Waals surface area (Å²) < 4.78 is 0. The van der Waals surface area contributed by atoms with Gasteiger partial charge in [-0.1, -0.05) is 37.3 Å². The summed E-state index contributed by atoms with van der Waals surface area (Å²) in [4.78, 5) is 32.9. The number of thioether (sulfide) groups is 1. The molecule has 0 aliphatic carbocycles. The largest absolute Gasteiger partial charge is 0.336 e. The Bertz CT molecular complexity index is 865. The lowest BCUT2D eigenvalue weighted by Crippen LogP contribution is -2.51. The Labute approximate surface area is 176 Å². The average molecular weight is 410 g/mol. The molecule has 0 saturated carbocycles. The predicted molar refractivity (Wildman–Crippen MR) is 118 cm³/mol. The smallest absolute Gasteiger partial charge is 0.253 e. The van der Waals surface area contributed by atoms with Crippen LogP contribution in [0.25, 0.3) is 0 Å². The van der Waals surface area contributed by atoms with Crippen molar-refractivity contribution in [2.45, 2.75) is 23.5 Å². The number of rotatable bonds is 3. The lowest BCUT2D eigenvalue weighted by atomic mass is 10.2. The molecule has 2 aliphatic heterocycles. The molecular weight excluding hydrogens is 382 g/mol. The maximum absolute atomic E-state index is 13.1. The van der Waals surface area contributed by atoms with Gasteiger partial charge in [0.1, 0.15) is 0 Å². The highest BCUT2D eigenvalue weighted by Crippen LogP contribution is 2.37. The van der Waals surface area contributed by atoms with Crippen LogP contribution in [0.5, 0.6) is 0 Å². The van der Waals surface area contributed by atoms with E-state index in [-0.39, 0.29) is 11.8 Å². The van der Waals surface area contributed by atoms with Gasteiger partial charge in [0.05, 0.1) is 12.2 Å². The molecule has 2 heterocycles. The molecule has 2 aromatic rings. The molecule has 1 saturated heterocycles. The van der Waals surface area contributed by atoms with Gasteiger partial charge < -0.3 is 9.80 Å². The number of hydrogen-bond acceptors (Lipinski definition) is 4. The first-order valence-corrected chi connectivity index (χ1v) is 11.1. The Balaban J connectivity index is 1.36. The number of carbonyl (C=O) groups is 2. The molecule has 5 nitrogen and oxygen atoms in total. The van der Waals surface area contributed by atoms with Crippen molar-refractivity contribution in [1.82, 2.24) is 9.80 Å². The molecule has 152 valence electrons. The molecule has 2 aliphatic rings. The van der Waals surface area contributed by atoms with E-state index in [2.05, 4.69) is 24.0 Å². The van der Waals surface area contributed by atoms with Crippen molar-refractivity contribution in [3.8, 4) is 0 Å². The van der Waals surface area contributed by atoms with Crippen LogP contribution in [0.1, 0.15) is 23.7 Å². The molecule has 0 N–H and O–H groups in total. The fourth-order valence-corrected chi connectivity index (χ4v) is 5.01. The molecule has 6 heteroatoms. The highest BCUT2D eigenvalue weighted by molar-refractivity contribution is 8.00. The maximum Gasteiger partial charge on any atom is 0.253 e. The summed E-state index contributed by atoms with van der Waals surface area (Å²) in [5, 5.41) is 0.501. The second kappa shape index (κ2) is 9.01. The Morgan fingerprint density at radius 3 is 2.38 bits per heavy atom. The highest BCUT2D eigenvalue weighted by atomic mass is 32.2. The minimum atomic E-state index is 0.0732. The molecule has 2 amide bonds. The summed E-state index contributed by atoms with van der Waals surface area (Å²) in [6, 6.07) is 17.6. The van der Waals surface area contributed by atoms with Crippen molar-refractivity contribution in [3.63, 3.8) is 0 Å². The van der Waals surface area contributed by atoms with Crippen molar-refractivity contribution >= 4 is 29.3 Å². The van der Waals surface area contributed by atoms with Crippen LogP contribution in [0, 0.1) is 0 Å². The summed E-state index contributed by atoms with van der Waals surface area (Å²) >= 11 is 1.85. The van der Waals surface area contributed by atoms with Crippen LogP contribution in [-0.4, -0.2) is 66.1 Å². The monoisotopic (exact) mass is 409 g/mol. The molecule has 0 bridgehead atoms. The molecule has 0 radical (unpaired) electrons. The van der Waals surface area contributed by atoms with Gasteiger partial charge in [0.2, 0.25) is 5.91 Å². The zero-order valence-electron chi connectivity index (χ0n) is 16.8. The van der Waals surface area contributed by atoms with E-state index in [9.17, 15) is 9.59 Å². The minimum absolute atomic E-state index is 0.0732. The SMILES string of the molecule is CC1CCN(C(=O)CN2CCN(C(=O)c3ccccc3)CC2)c2ccccc2S1. The van der Waals surface area contributed by atoms with E-state index in [1.807, 2.05) is 64.0 Å². The summed E-state index contributed by atoms with van der Waals surface area (Å²) in [6.07, 6.45) is 0.991. The number of amides is 2. The predicted octanol–water partition coefficient (Wildman–Crippen LogP) is 3.36. The lowest BCUT2D eigenvalue weighted by molar-refractivity contribution is -0.120. The van der Waals surface area contributed by atoms with Crippen LogP contribution in [0.15, 0.2) is 59.5 Å². The van der Waals surface area contributed by atoms with Gasteiger partial charge >= 0.3 is 0 Å². The molecule has 1 unspecified atom stereocenters. The second-order valence-electron chi connectivity index (χ2n) is 7.66. The zero-order valence-corrected chi connectivity index (χ0v) is 17.6. The quantitative estimate of drug-likeness (QED) is 0.780. The molecular formula is C23H27N3O2S. The zero-order chi connectivity index (χ0) is 20.2. The number of carbonyl (C=O) groups excluding carboxylic acids is 2. The number of piperazine rings is 1. The van der Waals surface area contributed by atoms with Gasteiger partial charge in [0.25, 0.3) is 5.91 Å². The number of anilines is 1. The first-order valence-electron chi connectivity index (χ1n) is 10.2. The topological polar surface area (TPSA) is 43.9 Å². The van der Waals surface area contributed by atoms with Crippen molar-refractivity contribution in [2.75, 3.05) is 44.2 Å². The Kier molecular flexibility index (Phi) is 6.21. The second-order valence-corrected chi connectivity index (χ2v) is 9.14. The third kappa shape index (κ3) is 4.65. The van der Waals surface area contributed by atoms with Crippen LogP contribution in [0.3, 0.4) is 0 Å². The van der Waals surface area contributed by atoms with Gasteiger partial charge in [-0.25, -0.2) is 0 Å². The van der Waals surface area contributed by atoms with Crippen LogP contribution < -0.4 is 4.90 Å². The summed E-state index contributed by atoms with van der Waals surface area (Å²) in [5.74, 6) is 0.221. The van der Waals surface area contributed by atoms with Crippen LogP contribution in [-0.2, 0) is 4.79 Å². The number of benzene rings is 2. The Morgan fingerprint density at radius 2 is 1.62 bits per heavy atom. The van der Waals surface area contributed by atoms with E-state index < -0.39 is 0 Å². The summed E-state index contributed by atoms with van der Waals surface area (Å²) in [6.45, 7) is 6.15. The first-order chi connectivity index (χ1) is 14.1. The van der Waals surface area contributed by atoms with Gasteiger partial charge in [0, 0.05) is 48.4 Å².